The first-order valence-corrected chi connectivity index (χ1v) is 10.6. The maximum absolute atomic E-state index is 13.3. The number of methoxy groups -OCH3 is 1. The van der Waals surface area contributed by atoms with Gasteiger partial charge in [-0.25, -0.2) is 0 Å². The maximum atomic E-state index is 13.3. The molecule has 2 aliphatic rings. The fourth-order valence-corrected chi connectivity index (χ4v) is 4.74. The zero-order valence-corrected chi connectivity index (χ0v) is 18.2. The Kier molecular flexibility index (Phi) is 5.33. The minimum Gasteiger partial charge on any atom is -0.497 e. The Morgan fingerprint density at radius 2 is 1.94 bits per heavy atom. The Morgan fingerprint density at radius 3 is 2.58 bits per heavy atom. The number of nitrogens with two attached hydrogens (primary N) is 1. The number of nitrogens with zero attached hydrogens (tertiary/aromatic N) is 3. The van der Waals surface area contributed by atoms with Crippen molar-refractivity contribution in [1.29, 1.82) is 0 Å². The van der Waals surface area contributed by atoms with Gasteiger partial charge >= 0.3 is 0 Å². The second-order valence-electron chi connectivity index (χ2n) is 9.16. The van der Waals surface area contributed by atoms with E-state index in [0.29, 0.717) is 42.0 Å². The van der Waals surface area contributed by atoms with Gasteiger partial charge in [-0.2, -0.15) is 5.10 Å². The molecule has 1 aromatic heterocycles. The fourth-order valence-electron chi connectivity index (χ4n) is 4.74. The van der Waals surface area contributed by atoms with Crippen molar-refractivity contribution in [1.82, 2.24) is 14.7 Å². The van der Waals surface area contributed by atoms with E-state index in [9.17, 15) is 14.4 Å². The molecule has 1 aromatic carbocycles. The van der Waals surface area contributed by atoms with Crippen molar-refractivity contribution in [3.63, 3.8) is 0 Å². The van der Waals surface area contributed by atoms with Crippen LogP contribution in [0.1, 0.15) is 71.3 Å². The van der Waals surface area contributed by atoms with Gasteiger partial charge in [-0.15, -0.1) is 0 Å². The third-order valence-corrected chi connectivity index (χ3v) is 6.12. The van der Waals surface area contributed by atoms with Crippen LogP contribution in [0, 0.1) is 5.41 Å². The first kappa shape index (κ1) is 21.1. The number of Topliss-reactive ketones (excluding diaryl/α,β-unsaturated/α-hetero) is 1. The average molecular weight is 425 g/mol. The molecular weight excluding hydrogens is 396 g/mol. The molecule has 1 aliphatic heterocycles. The molecule has 164 valence electrons. The molecule has 0 radical (unpaired) electrons. The molecule has 31 heavy (non-hydrogen) atoms. The molecule has 2 amide bonds. The Morgan fingerprint density at radius 1 is 1.23 bits per heavy atom. The molecule has 0 saturated carbocycles. The van der Waals surface area contributed by atoms with Crippen LogP contribution in [0.5, 0.6) is 5.75 Å². The summed E-state index contributed by atoms with van der Waals surface area (Å²) in [7, 11) is 1.58. The van der Waals surface area contributed by atoms with Crippen molar-refractivity contribution in [3.8, 4) is 5.75 Å². The highest BCUT2D eigenvalue weighted by molar-refractivity contribution is 6.00. The van der Waals surface area contributed by atoms with E-state index >= 15 is 0 Å². The summed E-state index contributed by atoms with van der Waals surface area (Å²) in [5.41, 5.74) is 7.69. The molecule has 4 rings (SSSR count). The van der Waals surface area contributed by atoms with Gasteiger partial charge in [0.1, 0.15) is 12.3 Å². The van der Waals surface area contributed by atoms with Crippen LogP contribution in [0.4, 0.5) is 0 Å². The van der Waals surface area contributed by atoms with Gasteiger partial charge in [-0.05, 0) is 48.9 Å². The quantitative estimate of drug-likeness (QED) is 0.794. The van der Waals surface area contributed by atoms with Gasteiger partial charge < -0.3 is 15.4 Å². The molecule has 0 unspecified atom stereocenters. The predicted octanol–water partition coefficient (Wildman–Crippen LogP) is 2.51. The number of primary amides is 1. The number of ether oxygens (including phenoxy) is 1. The smallest absolute Gasteiger partial charge is 0.254 e. The molecule has 2 aromatic rings. The highest BCUT2D eigenvalue weighted by atomic mass is 16.5. The normalized spacial score (nSPS) is 19.9. The summed E-state index contributed by atoms with van der Waals surface area (Å²) in [6, 6.07) is 6.69. The highest BCUT2D eigenvalue weighted by Crippen LogP contribution is 2.41. The van der Waals surface area contributed by atoms with Crippen molar-refractivity contribution in [2.24, 2.45) is 11.1 Å². The van der Waals surface area contributed by atoms with E-state index in [1.54, 1.807) is 41.0 Å². The minimum absolute atomic E-state index is 0.0146. The maximum Gasteiger partial charge on any atom is 0.254 e. The predicted molar refractivity (Wildman–Crippen MR) is 114 cm³/mol. The minimum atomic E-state index is -0.509. The van der Waals surface area contributed by atoms with E-state index in [-0.39, 0.29) is 29.7 Å². The second-order valence-corrected chi connectivity index (χ2v) is 9.16. The van der Waals surface area contributed by atoms with Crippen molar-refractivity contribution >= 4 is 17.6 Å². The number of carbonyl (C=O) groups excluding carboxylic acids is 3. The van der Waals surface area contributed by atoms with Crippen molar-refractivity contribution < 1.29 is 19.1 Å². The van der Waals surface area contributed by atoms with E-state index in [2.05, 4.69) is 5.10 Å². The Balaban J connectivity index is 1.72. The van der Waals surface area contributed by atoms with Crippen molar-refractivity contribution in [2.45, 2.75) is 52.1 Å². The van der Waals surface area contributed by atoms with Crippen LogP contribution in [-0.2, 0) is 17.8 Å². The highest BCUT2D eigenvalue weighted by Gasteiger charge is 2.41. The van der Waals surface area contributed by atoms with Gasteiger partial charge in [0.2, 0.25) is 5.91 Å². The van der Waals surface area contributed by atoms with Gasteiger partial charge in [0, 0.05) is 18.5 Å². The molecular formula is C23H28N4O4. The van der Waals surface area contributed by atoms with Gasteiger partial charge in [0.15, 0.2) is 5.78 Å². The number of likely N-dealkylation sites (tertiary alicyclic amines) is 1. The summed E-state index contributed by atoms with van der Waals surface area (Å²) >= 11 is 0. The topological polar surface area (TPSA) is 108 Å². The standard InChI is InChI=1S/C23H28N4O4/c1-23(2)11-17-20(18(28)12-23)21(25-27(17)13-19(24)29)16-5-4-10-26(16)22(30)14-6-8-15(31-3)9-7-14/h6-9,16H,4-5,10-13H2,1-3H3,(H2,24,29)/t16-/m0/s1. The van der Waals surface area contributed by atoms with E-state index in [0.717, 1.165) is 18.5 Å². The fraction of sp³-hybridized carbons (Fsp3) is 0.478. The number of hydrogen-bond donors (Lipinski definition) is 1. The van der Waals surface area contributed by atoms with Crippen LogP contribution in [0.3, 0.4) is 0 Å². The van der Waals surface area contributed by atoms with Crippen LogP contribution in [0.15, 0.2) is 24.3 Å². The summed E-state index contributed by atoms with van der Waals surface area (Å²) in [4.78, 5) is 39.8. The zero-order chi connectivity index (χ0) is 22.3. The van der Waals surface area contributed by atoms with Crippen molar-refractivity contribution in [3.05, 3.63) is 46.8 Å². The average Bonchev–Trinajstić information content (AvgIpc) is 3.31. The van der Waals surface area contributed by atoms with Crippen LogP contribution >= 0.6 is 0 Å². The number of amides is 2. The largest absolute Gasteiger partial charge is 0.497 e. The lowest BCUT2D eigenvalue weighted by atomic mass is 9.75. The monoisotopic (exact) mass is 424 g/mol. The molecule has 2 N–H and O–H groups in total. The lowest BCUT2D eigenvalue weighted by Gasteiger charge is -2.30. The number of fused-ring (bicyclic) bond motifs is 1. The lowest BCUT2D eigenvalue weighted by Crippen LogP contribution is -2.33. The number of rotatable bonds is 5. The van der Waals surface area contributed by atoms with Crippen LogP contribution in [0.2, 0.25) is 0 Å². The summed E-state index contributed by atoms with van der Waals surface area (Å²) in [6.45, 7) is 4.58. The summed E-state index contributed by atoms with van der Waals surface area (Å²) < 4.78 is 6.75. The summed E-state index contributed by atoms with van der Waals surface area (Å²) in [5.74, 6) is 0.0833. The van der Waals surface area contributed by atoms with E-state index in [1.807, 2.05) is 13.8 Å². The first-order valence-electron chi connectivity index (χ1n) is 10.6. The molecule has 1 saturated heterocycles. The van der Waals surface area contributed by atoms with E-state index < -0.39 is 5.91 Å². The zero-order valence-electron chi connectivity index (χ0n) is 18.2. The Bertz CT molecular complexity index is 1040. The molecule has 1 aliphatic carbocycles. The number of ketones is 1. The van der Waals surface area contributed by atoms with Gasteiger partial charge in [-0.3, -0.25) is 19.1 Å². The van der Waals surface area contributed by atoms with Crippen LogP contribution < -0.4 is 10.5 Å². The molecule has 2 heterocycles. The lowest BCUT2D eigenvalue weighted by molar-refractivity contribution is -0.118. The SMILES string of the molecule is COc1ccc(C(=O)N2CCC[C@H]2c2nn(CC(N)=O)c3c2C(=O)CC(C)(C)C3)cc1. The van der Waals surface area contributed by atoms with Crippen LogP contribution in [-0.4, -0.2) is 45.9 Å². The third kappa shape index (κ3) is 3.94. The Hall–Kier alpha value is -3.16. The van der Waals surface area contributed by atoms with Gasteiger partial charge in [0.05, 0.1) is 30.1 Å². The van der Waals surface area contributed by atoms with E-state index in [4.69, 9.17) is 10.5 Å². The number of benzene rings is 1. The Labute approximate surface area is 181 Å². The van der Waals surface area contributed by atoms with Crippen molar-refractivity contribution in [2.75, 3.05) is 13.7 Å². The second kappa shape index (κ2) is 7.83. The van der Waals surface area contributed by atoms with Gasteiger partial charge in [-0.1, -0.05) is 13.8 Å². The molecule has 8 heteroatoms. The summed E-state index contributed by atoms with van der Waals surface area (Å²) in [5, 5.41) is 4.66. The molecule has 0 bridgehead atoms. The number of aromatic nitrogens is 2. The third-order valence-electron chi connectivity index (χ3n) is 6.12. The van der Waals surface area contributed by atoms with E-state index in [1.165, 1.54) is 0 Å². The molecule has 8 nitrogen and oxygen atoms in total. The van der Waals surface area contributed by atoms with Crippen LogP contribution in [0.25, 0.3) is 0 Å². The molecule has 1 fully saturated rings. The van der Waals surface area contributed by atoms with Gasteiger partial charge in [0.25, 0.3) is 5.91 Å². The summed E-state index contributed by atoms with van der Waals surface area (Å²) in [6.07, 6.45) is 2.59. The molecule has 1 atom stereocenters. The number of carbonyl (C=O) groups is 3. The first-order chi connectivity index (χ1) is 14.7. The molecule has 0 spiro atoms. The number of hydrogen-bond acceptors (Lipinski definition) is 5.